The van der Waals surface area contributed by atoms with Crippen molar-refractivity contribution in [2.45, 2.75) is 18.1 Å². The fourth-order valence-electron chi connectivity index (χ4n) is 3.34. The highest BCUT2D eigenvalue weighted by Gasteiger charge is 2.34. The highest BCUT2D eigenvalue weighted by molar-refractivity contribution is 5.97. The zero-order valence-corrected chi connectivity index (χ0v) is 16.6. The summed E-state index contributed by atoms with van der Waals surface area (Å²) in [4.78, 5) is 25.5. The lowest BCUT2D eigenvalue weighted by Crippen LogP contribution is -2.46. The van der Waals surface area contributed by atoms with Gasteiger partial charge in [0, 0.05) is 11.5 Å². The number of hydrogen-bond donors (Lipinski definition) is 1. The molecule has 3 aromatic carbocycles. The number of nitrogens with one attached hydrogen (secondary N) is 1. The number of benzene rings is 3. The van der Waals surface area contributed by atoms with Gasteiger partial charge in [-0.15, -0.1) is 0 Å². The SMILES string of the molecule is COC(=O)[C@@H](NC(=O)c1ccc(C(F)(F)F)cc1)C(c1ccccc1)c1ccccc1. The van der Waals surface area contributed by atoms with Gasteiger partial charge in [-0.1, -0.05) is 60.7 Å². The second-order valence-electron chi connectivity index (χ2n) is 6.85. The first kappa shape index (κ1) is 22.1. The summed E-state index contributed by atoms with van der Waals surface area (Å²) < 4.78 is 43.3. The quantitative estimate of drug-likeness (QED) is 0.575. The second-order valence-corrected chi connectivity index (χ2v) is 6.85. The number of carbonyl (C=O) groups excluding carboxylic acids is 2. The van der Waals surface area contributed by atoms with Gasteiger partial charge in [0.1, 0.15) is 6.04 Å². The van der Waals surface area contributed by atoms with Crippen LogP contribution in [0.3, 0.4) is 0 Å². The van der Waals surface area contributed by atoms with Crippen molar-refractivity contribution in [2.75, 3.05) is 7.11 Å². The summed E-state index contributed by atoms with van der Waals surface area (Å²) in [5.74, 6) is -1.91. The number of methoxy groups -OCH3 is 1. The lowest BCUT2D eigenvalue weighted by atomic mass is 9.84. The van der Waals surface area contributed by atoms with Crippen molar-refractivity contribution in [3.05, 3.63) is 107 Å². The standard InChI is InChI=1S/C24H20F3NO3/c1-31-23(30)21(28-22(29)18-12-14-19(15-13-18)24(25,26)27)20(16-8-4-2-5-9-16)17-10-6-3-7-11-17/h2-15,20-21H,1H3,(H,28,29)/t21-/m0/s1. The van der Waals surface area contributed by atoms with E-state index in [-0.39, 0.29) is 5.56 Å². The zero-order chi connectivity index (χ0) is 22.4. The van der Waals surface area contributed by atoms with Crippen LogP contribution >= 0.6 is 0 Å². The van der Waals surface area contributed by atoms with Crippen LogP contribution in [0.1, 0.15) is 33.0 Å². The molecule has 1 N–H and O–H groups in total. The van der Waals surface area contributed by atoms with Crippen LogP contribution in [-0.4, -0.2) is 25.0 Å². The monoisotopic (exact) mass is 427 g/mol. The molecule has 3 aromatic rings. The van der Waals surface area contributed by atoms with Gasteiger partial charge in [0.15, 0.2) is 0 Å². The molecule has 0 aliphatic heterocycles. The molecular weight excluding hydrogens is 407 g/mol. The van der Waals surface area contributed by atoms with Gasteiger partial charge >= 0.3 is 12.1 Å². The first-order valence-electron chi connectivity index (χ1n) is 9.47. The largest absolute Gasteiger partial charge is 0.467 e. The second kappa shape index (κ2) is 9.47. The van der Waals surface area contributed by atoms with Crippen molar-refractivity contribution in [1.29, 1.82) is 0 Å². The maximum absolute atomic E-state index is 12.8. The Hall–Kier alpha value is -3.61. The number of hydrogen-bond acceptors (Lipinski definition) is 3. The van der Waals surface area contributed by atoms with Crippen LogP contribution in [0.4, 0.5) is 13.2 Å². The molecule has 3 rings (SSSR count). The highest BCUT2D eigenvalue weighted by atomic mass is 19.4. The van der Waals surface area contributed by atoms with E-state index in [0.717, 1.165) is 35.4 Å². The first-order chi connectivity index (χ1) is 14.8. The Morgan fingerprint density at radius 1 is 0.806 bits per heavy atom. The summed E-state index contributed by atoms with van der Waals surface area (Å²) in [5, 5.41) is 2.64. The molecule has 0 saturated carbocycles. The summed E-state index contributed by atoms with van der Waals surface area (Å²) in [6.45, 7) is 0. The molecule has 1 amide bonds. The molecule has 160 valence electrons. The molecule has 7 heteroatoms. The van der Waals surface area contributed by atoms with Crippen LogP contribution in [-0.2, 0) is 15.7 Å². The summed E-state index contributed by atoms with van der Waals surface area (Å²) in [6.07, 6.45) is -4.50. The van der Waals surface area contributed by atoms with Crippen LogP contribution in [0.15, 0.2) is 84.9 Å². The molecule has 0 fully saturated rings. The van der Waals surface area contributed by atoms with Gasteiger partial charge in [-0.25, -0.2) is 4.79 Å². The van der Waals surface area contributed by atoms with E-state index in [1.54, 1.807) is 0 Å². The molecule has 0 aliphatic carbocycles. The van der Waals surface area contributed by atoms with Gasteiger partial charge in [-0.3, -0.25) is 4.79 Å². The lowest BCUT2D eigenvalue weighted by Gasteiger charge is -2.27. The van der Waals surface area contributed by atoms with E-state index in [1.165, 1.54) is 7.11 Å². The Morgan fingerprint density at radius 3 is 1.71 bits per heavy atom. The molecule has 0 heterocycles. The molecular formula is C24H20F3NO3. The minimum atomic E-state index is -4.50. The fourth-order valence-corrected chi connectivity index (χ4v) is 3.34. The van der Waals surface area contributed by atoms with Crippen molar-refractivity contribution in [2.24, 2.45) is 0 Å². The smallest absolute Gasteiger partial charge is 0.416 e. The van der Waals surface area contributed by atoms with E-state index in [9.17, 15) is 22.8 Å². The molecule has 1 atom stereocenters. The topological polar surface area (TPSA) is 55.4 Å². The van der Waals surface area contributed by atoms with Crippen LogP contribution in [0.2, 0.25) is 0 Å². The van der Waals surface area contributed by atoms with Gasteiger partial charge in [0.25, 0.3) is 5.91 Å². The average Bonchev–Trinajstić information content (AvgIpc) is 2.79. The van der Waals surface area contributed by atoms with E-state index >= 15 is 0 Å². The van der Waals surface area contributed by atoms with Gasteiger partial charge in [-0.2, -0.15) is 13.2 Å². The molecule has 0 spiro atoms. The Kier molecular flexibility index (Phi) is 6.74. The van der Waals surface area contributed by atoms with Crippen molar-refractivity contribution in [3.8, 4) is 0 Å². The Morgan fingerprint density at radius 2 is 1.29 bits per heavy atom. The minimum absolute atomic E-state index is 0.00164. The van der Waals surface area contributed by atoms with E-state index in [2.05, 4.69) is 5.32 Å². The molecule has 0 aliphatic rings. The highest BCUT2D eigenvalue weighted by Crippen LogP contribution is 2.30. The summed E-state index contributed by atoms with van der Waals surface area (Å²) in [7, 11) is 1.21. The predicted molar refractivity (Wildman–Crippen MR) is 109 cm³/mol. The number of alkyl halides is 3. The number of rotatable bonds is 6. The molecule has 31 heavy (non-hydrogen) atoms. The van der Waals surface area contributed by atoms with E-state index in [4.69, 9.17) is 4.74 Å². The number of carbonyl (C=O) groups is 2. The number of halogens is 3. The maximum atomic E-state index is 12.8. The normalized spacial score (nSPS) is 12.3. The first-order valence-corrected chi connectivity index (χ1v) is 9.47. The van der Waals surface area contributed by atoms with E-state index in [1.807, 2.05) is 60.7 Å². The molecule has 0 aromatic heterocycles. The number of ether oxygens (including phenoxy) is 1. The Bertz CT molecular complexity index is 980. The average molecular weight is 427 g/mol. The molecule has 0 saturated heterocycles. The van der Waals surface area contributed by atoms with Gasteiger partial charge in [0.2, 0.25) is 0 Å². The van der Waals surface area contributed by atoms with Crippen molar-refractivity contribution >= 4 is 11.9 Å². The van der Waals surface area contributed by atoms with Crippen LogP contribution in [0, 0.1) is 0 Å². The molecule has 0 radical (unpaired) electrons. The van der Waals surface area contributed by atoms with Gasteiger partial charge < -0.3 is 10.1 Å². The summed E-state index contributed by atoms with van der Waals surface area (Å²) >= 11 is 0. The van der Waals surface area contributed by atoms with Gasteiger partial charge in [-0.05, 0) is 35.4 Å². The molecule has 0 bridgehead atoms. The van der Waals surface area contributed by atoms with Crippen molar-refractivity contribution in [3.63, 3.8) is 0 Å². The summed E-state index contributed by atoms with van der Waals surface area (Å²) in [6, 6.07) is 21.0. The predicted octanol–water partition coefficient (Wildman–Crippen LogP) is 4.81. The van der Waals surface area contributed by atoms with Crippen LogP contribution < -0.4 is 5.32 Å². The third-order valence-corrected chi connectivity index (χ3v) is 4.87. The fraction of sp³-hybridized carbons (Fsp3) is 0.167. The summed E-state index contributed by atoms with van der Waals surface area (Å²) in [5.41, 5.74) is 0.690. The number of amides is 1. The van der Waals surface area contributed by atoms with Gasteiger partial charge in [0.05, 0.1) is 12.7 Å². The van der Waals surface area contributed by atoms with Crippen molar-refractivity contribution < 1.29 is 27.5 Å². The Labute approximate surface area is 177 Å². The Balaban J connectivity index is 1.96. The van der Waals surface area contributed by atoms with E-state index in [0.29, 0.717) is 0 Å². The zero-order valence-electron chi connectivity index (χ0n) is 16.6. The van der Waals surface area contributed by atoms with Crippen LogP contribution in [0.5, 0.6) is 0 Å². The van der Waals surface area contributed by atoms with Crippen molar-refractivity contribution in [1.82, 2.24) is 5.32 Å². The minimum Gasteiger partial charge on any atom is -0.467 e. The van der Waals surface area contributed by atoms with E-state index < -0.39 is 35.6 Å². The molecule has 4 nitrogen and oxygen atoms in total. The molecule has 0 unspecified atom stereocenters. The lowest BCUT2D eigenvalue weighted by molar-refractivity contribution is -0.143. The third kappa shape index (κ3) is 5.31. The maximum Gasteiger partial charge on any atom is 0.416 e. The van der Waals surface area contributed by atoms with Crippen LogP contribution in [0.25, 0.3) is 0 Å². The number of esters is 1. The third-order valence-electron chi connectivity index (χ3n) is 4.87.